The Morgan fingerprint density at radius 2 is 1.92 bits per heavy atom. The molecule has 5 nitrogen and oxygen atoms in total. The quantitative estimate of drug-likeness (QED) is 0.440. The fraction of sp³-hybridized carbons (Fsp3) is 0.947. The minimum Gasteiger partial charge on any atom is -0.381 e. The molecule has 2 heterocycles. The fourth-order valence-electron chi connectivity index (χ4n) is 3.69. The van der Waals surface area contributed by atoms with Crippen LogP contribution < -0.4 is 5.32 Å². The molecule has 24 heavy (non-hydrogen) atoms. The van der Waals surface area contributed by atoms with Crippen LogP contribution in [0.25, 0.3) is 0 Å². The molecule has 140 valence electrons. The molecule has 0 amide bonds. The zero-order valence-corrected chi connectivity index (χ0v) is 16.1. The van der Waals surface area contributed by atoms with Crippen molar-refractivity contribution in [3.8, 4) is 0 Å². The highest BCUT2D eigenvalue weighted by Crippen LogP contribution is 2.18. The van der Waals surface area contributed by atoms with E-state index < -0.39 is 0 Å². The van der Waals surface area contributed by atoms with Crippen LogP contribution in [0.2, 0.25) is 0 Å². The number of nitrogens with zero attached hydrogens (tertiary/aromatic N) is 3. The number of ether oxygens (including phenoxy) is 1. The average Bonchev–Trinajstić information content (AvgIpc) is 2.62. The lowest BCUT2D eigenvalue weighted by Gasteiger charge is -2.30. The number of nitrogens with one attached hydrogen (secondary N) is 1. The predicted molar refractivity (Wildman–Crippen MR) is 102 cm³/mol. The van der Waals surface area contributed by atoms with Crippen molar-refractivity contribution in [2.75, 3.05) is 60.0 Å². The van der Waals surface area contributed by atoms with Gasteiger partial charge in [0, 0.05) is 40.4 Å². The van der Waals surface area contributed by atoms with Crippen molar-refractivity contribution in [3.63, 3.8) is 0 Å². The molecule has 0 aromatic carbocycles. The largest absolute Gasteiger partial charge is 0.381 e. The van der Waals surface area contributed by atoms with Gasteiger partial charge in [-0.05, 0) is 70.0 Å². The van der Waals surface area contributed by atoms with Crippen molar-refractivity contribution >= 4 is 5.96 Å². The summed E-state index contributed by atoms with van der Waals surface area (Å²) in [7, 11) is 4.04. The highest BCUT2D eigenvalue weighted by Gasteiger charge is 2.16. The van der Waals surface area contributed by atoms with Crippen LogP contribution in [-0.2, 0) is 4.74 Å². The number of aliphatic imine (C=N–C) groups is 1. The summed E-state index contributed by atoms with van der Waals surface area (Å²) in [6.07, 6.45) is 7.60. The van der Waals surface area contributed by atoms with Crippen molar-refractivity contribution in [2.24, 2.45) is 16.8 Å². The topological polar surface area (TPSA) is 40.1 Å². The van der Waals surface area contributed by atoms with Crippen molar-refractivity contribution in [3.05, 3.63) is 0 Å². The molecule has 2 rings (SSSR count). The lowest BCUT2D eigenvalue weighted by Crippen LogP contribution is -2.41. The maximum absolute atomic E-state index is 5.44. The Balaban J connectivity index is 1.57. The summed E-state index contributed by atoms with van der Waals surface area (Å²) in [6, 6.07) is 0. The zero-order chi connectivity index (χ0) is 17.2. The first kappa shape index (κ1) is 19.5. The molecule has 5 heteroatoms. The van der Waals surface area contributed by atoms with E-state index in [-0.39, 0.29) is 0 Å². The van der Waals surface area contributed by atoms with Crippen LogP contribution in [0.3, 0.4) is 0 Å². The molecule has 2 aliphatic rings. The molecule has 0 atom stereocenters. The number of piperidine rings is 1. The first-order valence-corrected chi connectivity index (χ1v) is 9.91. The summed E-state index contributed by atoms with van der Waals surface area (Å²) < 4.78 is 5.44. The van der Waals surface area contributed by atoms with Gasteiger partial charge in [-0.15, -0.1) is 0 Å². The van der Waals surface area contributed by atoms with Gasteiger partial charge in [0.25, 0.3) is 0 Å². The molecule has 0 unspecified atom stereocenters. The van der Waals surface area contributed by atoms with Gasteiger partial charge >= 0.3 is 0 Å². The SMILES string of the molecule is CN=C(NCCCN1CCC(C)CC1)N(C)CCC1CCOCC1. The summed E-state index contributed by atoms with van der Waals surface area (Å²) in [5.74, 6) is 2.78. The summed E-state index contributed by atoms with van der Waals surface area (Å²) in [4.78, 5) is 9.33. The second-order valence-electron chi connectivity index (χ2n) is 7.62. The van der Waals surface area contributed by atoms with E-state index in [1.54, 1.807) is 0 Å². The predicted octanol–water partition coefficient (Wildman–Crippen LogP) is 2.43. The number of guanidine groups is 1. The van der Waals surface area contributed by atoms with Gasteiger partial charge < -0.3 is 19.9 Å². The van der Waals surface area contributed by atoms with Crippen molar-refractivity contribution < 1.29 is 4.74 Å². The van der Waals surface area contributed by atoms with Crippen LogP contribution in [0.4, 0.5) is 0 Å². The maximum atomic E-state index is 5.44. The monoisotopic (exact) mass is 338 g/mol. The maximum Gasteiger partial charge on any atom is 0.193 e. The molecule has 0 aliphatic carbocycles. The molecular formula is C19H38N4O. The lowest BCUT2D eigenvalue weighted by atomic mass is 9.96. The van der Waals surface area contributed by atoms with Crippen molar-refractivity contribution in [1.82, 2.24) is 15.1 Å². The van der Waals surface area contributed by atoms with Crippen LogP contribution in [-0.4, -0.2) is 75.8 Å². The molecule has 0 aromatic heterocycles. The van der Waals surface area contributed by atoms with E-state index in [1.807, 2.05) is 7.05 Å². The molecule has 0 radical (unpaired) electrons. The van der Waals surface area contributed by atoms with Gasteiger partial charge in [-0.25, -0.2) is 0 Å². The first-order valence-electron chi connectivity index (χ1n) is 9.91. The Bertz CT molecular complexity index is 360. The van der Waals surface area contributed by atoms with E-state index in [9.17, 15) is 0 Å². The van der Waals surface area contributed by atoms with E-state index in [0.717, 1.165) is 44.1 Å². The molecule has 0 saturated carbocycles. The van der Waals surface area contributed by atoms with E-state index in [4.69, 9.17) is 4.74 Å². The fourth-order valence-corrected chi connectivity index (χ4v) is 3.69. The molecule has 0 aromatic rings. The summed E-state index contributed by atoms with van der Waals surface area (Å²) in [6.45, 7) is 10.1. The Kier molecular flexibility index (Phi) is 8.89. The highest BCUT2D eigenvalue weighted by molar-refractivity contribution is 5.79. The lowest BCUT2D eigenvalue weighted by molar-refractivity contribution is 0.0625. The molecule has 2 fully saturated rings. The summed E-state index contributed by atoms with van der Waals surface area (Å²) in [5.41, 5.74) is 0. The summed E-state index contributed by atoms with van der Waals surface area (Å²) in [5, 5.41) is 3.53. The third-order valence-electron chi connectivity index (χ3n) is 5.60. The van der Waals surface area contributed by atoms with Gasteiger partial charge in [-0.2, -0.15) is 0 Å². The summed E-state index contributed by atoms with van der Waals surface area (Å²) >= 11 is 0. The number of rotatable bonds is 7. The molecule has 0 bridgehead atoms. The van der Waals surface area contributed by atoms with Crippen LogP contribution in [0.15, 0.2) is 4.99 Å². The Morgan fingerprint density at radius 3 is 2.58 bits per heavy atom. The Hall–Kier alpha value is -0.810. The van der Waals surface area contributed by atoms with Crippen LogP contribution in [0, 0.1) is 11.8 Å². The number of hydrogen-bond donors (Lipinski definition) is 1. The Labute approximate surface area is 148 Å². The van der Waals surface area contributed by atoms with Gasteiger partial charge in [0.05, 0.1) is 0 Å². The van der Waals surface area contributed by atoms with Gasteiger partial charge in [-0.3, -0.25) is 4.99 Å². The minimum absolute atomic E-state index is 0.820. The Morgan fingerprint density at radius 1 is 1.21 bits per heavy atom. The average molecular weight is 339 g/mol. The van der Waals surface area contributed by atoms with Crippen molar-refractivity contribution in [1.29, 1.82) is 0 Å². The van der Waals surface area contributed by atoms with Crippen LogP contribution in [0.1, 0.15) is 45.4 Å². The smallest absolute Gasteiger partial charge is 0.193 e. The van der Waals surface area contributed by atoms with Gasteiger partial charge in [0.1, 0.15) is 0 Å². The standard InChI is InChI=1S/C19H38N4O/c1-17-5-13-23(14-6-17)11-4-10-21-19(20-2)22(3)12-7-18-8-15-24-16-9-18/h17-18H,4-16H2,1-3H3,(H,20,21). The van der Waals surface area contributed by atoms with Crippen LogP contribution in [0.5, 0.6) is 0 Å². The van der Waals surface area contributed by atoms with E-state index >= 15 is 0 Å². The third-order valence-corrected chi connectivity index (χ3v) is 5.60. The van der Waals surface area contributed by atoms with E-state index in [2.05, 4.69) is 34.1 Å². The van der Waals surface area contributed by atoms with E-state index in [0.29, 0.717) is 0 Å². The second kappa shape index (κ2) is 10.9. The second-order valence-corrected chi connectivity index (χ2v) is 7.62. The van der Waals surface area contributed by atoms with E-state index in [1.165, 1.54) is 58.2 Å². The molecule has 2 aliphatic heterocycles. The van der Waals surface area contributed by atoms with Gasteiger partial charge in [-0.1, -0.05) is 6.92 Å². The van der Waals surface area contributed by atoms with Crippen LogP contribution >= 0.6 is 0 Å². The van der Waals surface area contributed by atoms with Gasteiger partial charge in [0.15, 0.2) is 5.96 Å². The van der Waals surface area contributed by atoms with Crippen molar-refractivity contribution in [2.45, 2.75) is 45.4 Å². The normalized spacial score (nSPS) is 21.9. The molecule has 0 spiro atoms. The first-order chi connectivity index (χ1) is 11.7. The third kappa shape index (κ3) is 6.98. The highest BCUT2D eigenvalue weighted by atomic mass is 16.5. The van der Waals surface area contributed by atoms with Gasteiger partial charge in [0.2, 0.25) is 0 Å². The molecule has 2 saturated heterocycles. The molecule has 1 N–H and O–H groups in total. The zero-order valence-electron chi connectivity index (χ0n) is 16.1. The molecular weight excluding hydrogens is 300 g/mol. The number of likely N-dealkylation sites (tertiary alicyclic amines) is 1. The minimum atomic E-state index is 0.820. The number of hydrogen-bond acceptors (Lipinski definition) is 3.